The van der Waals surface area contributed by atoms with E-state index in [4.69, 9.17) is 23.2 Å². The molecule has 2 aromatic carbocycles. The second-order valence-electron chi connectivity index (χ2n) is 5.49. The molecule has 11 heteroatoms. The van der Waals surface area contributed by atoms with E-state index in [0.29, 0.717) is 11.1 Å². The average molecular weight is 441 g/mol. The van der Waals surface area contributed by atoms with E-state index in [1.807, 2.05) is 0 Å². The van der Waals surface area contributed by atoms with Crippen LogP contribution in [0.15, 0.2) is 42.5 Å². The third kappa shape index (κ3) is 5.75. The fourth-order valence-electron chi connectivity index (χ4n) is 2.16. The Labute approximate surface area is 163 Å². The van der Waals surface area contributed by atoms with Crippen LogP contribution < -0.4 is 9.62 Å². The van der Waals surface area contributed by atoms with E-state index in [1.54, 1.807) is 0 Å². The van der Waals surface area contributed by atoms with Crippen LogP contribution in [0.3, 0.4) is 0 Å². The number of carbonyl (C=O) groups excluding carboxylic acids is 1. The smallest absolute Gasteiger partial charge is 0.324 e. The van der Waals surface area contributed by atoms with Gasteiger partial charge < -0.3 is 5.32 Å². The quantitative estimate of drug-likeness (QED) is 0.748. The predicted molar refractivity (Wildman–Crippen MR) is 98.7 cm³/mol. The van der Waals surface area contributed by atoms with E-state index in [-0.39, 0.29) is 11.4 Å². The topological polar surface area (TPSA) is 66.5 Å². The van der Waals surface area contributed by atoms with E-state index in [0.717, 1.165) is 16.6 Å². The third-order valence-corrected chi connectivity index (χ3v) is 5.08. The average Bonchev–Trinajstić information content (AvgIpc) is 2.53. The Kier molecular flexibility index (Phi) is 6.28. The van der Waals surface area contributed by atoms with Gasteiger partial charge in [0.1, 0.15) is 6.54 Å². The van der Waals surface area contributed by atoms with Crippen molar-refractivity contribution >= 4 is 50.5 Å². The fraction of sp³-hybridized carbons (Fsp3) is 0.188. The molecule has 0 aliphatic heterocycles. The van der Waals surface area contributed by atoms with Gasteiger partial charge in [0.25, 0.3) is 0 Å². The Hall–Kier alpha value is -1.97. The summed E-state index contributed by atoms with van der Waals surface area (Å²) in [4.78, 5) is 12.2. The molecule has 0 radical (unpaired) electrons. The van der Waals surface area contributed by atoms with Crippen LogP contribution in [0, 0.1) is 0 Å². The van der Waals surface area contributed by atoms with Crippen LogP contribution >= 0.6 is 23.2 Å². The van der Waals surface area contributed by atoms with Gasteiger partial charge in [0, 0.05) is 10.7 Å². The summed E-state index contributed by atoms with van der Waals surface area (Å²) in [7, 11) is -3.83. The molecule has 0 fully saturated rings. The Morgan fingerprint density at radius 2 is 1.70 bits per heavy atom. The summed E-state index contributed by atoms with van der Waals surface area (Å²) >= 11 is 11.3. The van der Waals surface area contributed by atoms with Gasteiger partial charge in [-0.15, -0.1) is 0 Å². The molecule has 1 N–H and O–H groups in total. The molecule has 2 rings (SSSR count). The van der Waals surface area contributed by atoms with Crippen molar-refractivity contribution in [1.82, 2.24) is 0 Å². The van der Waals surface area contributed by atoms with Gasteiger partial charge in [-0.1, -0.05) is 23.2 Å². The molecule has 0 spiro atoms. The third-order valence-electron chi connectivity index (χ3n) is 3.36. The van der Waals surface area contributed by atoms with Gasteiger partial charge in [-0.25, -0.2) is 8.42 Å². The van der Waals surface area contributed by atoms with E-state index < -0.39 is 39.2 Å². The lowest BCUT2D eigenvalue weighted by Gasteiger charge is -2.22. The number of sulfonamides is 1. The van der Waals surface area contributed by atoms with Gasteiger partial charge in [-0.3, -0.25) is 9.10 Å². The Balaban J connectivity index is 2.23. The largest absolute Gasteiger partial charge is 0.417 e. The van der Waals surface area contributed by atoms with Crippen molar-refractivity contribution < 1.29 is 26.4 Å². The molecule has 1 amide bonds. The van der Waals surface area contributed by atoms with Gasteiger partial charge in [-0.05, 0) is 42.5 Å². The minimum atomic E-state index is -4.69. The van der Waals surface area contributed by atoms with Crippen molar-refractivity contribution in [1.29, 1.82) is 0 Å². The maximum absolute atomic E-state index is 12.9. The molecule has 0 heterocycles. The molecule has 0 aliphatic rings. The summed E-state index contributed by atoms with van der Waals surface area (Å²) < 4.78 is 63.4. The van der Waals surface area contributed by atoms with Crippen LogP contribution in [0.2, 0.25) is 10.0 Å². The first kappa shape index (κ1) is 21.3. The van der Waals surface area contributed by atoms with Gasteiger partial charge in [0.05, 0.1) is 22.5 Å². The summed E-state index contributed by atoms with van der Waals surface area (Å²) in [5, 5.41) is 2.09. The first-order chi connectivity index (χ1) is 12.4. The molecule has 0 bridgehead atoms. The van der Waals surface area contributed by atoms with Gasteiger partial charge in [0.2, 0.25) is 15.9 Å². The standard InChI is InChI=1S/C16H13Cl2F3N2O3S/c1-27(25,26)23(12-5-2-10(17)3-6-12)9-15(24)22-11-4-7-14(18)13(8-11)16(19,20)21/h2-8H,9H2,1H3,(H,22,24). The minimum absolute atomic E-state index is 0.165. The molecule has 27 heavy (non-hydrogen) atoms. The number of hydrogen-bond acceptors (Lipinski definition) is 3. The molecule has 2 aromatic rings. The lowest BCUT2D eigenvalue weighted by Crippen LogP contribution is -2.37. The second kappa shape index (κ2) is 7.95. The highest BCUT2D eigenvalue weighted by molar-refractivity contribution is 7.92. The highest BCUT2D eigenvalue weighted by atomic mass is 35.5. The summed E-state index contributed by atoms with van der Waals surface area (Å²) in [5.74, 6) is -0.828. The summed E-state index contributed by atoms with van der Waals surface area (Å²) in [5.41, 5.74) is -1.09. The molecule has 0 aliphatic carbocycles. The number of nitrogens with zero attached hydrogens (tertiary/aromatic N) is 1. The maximum atomic E-state index is 12.9. The SMILES string of the molecule is CS(=O)(=O)N(CC(=O)Nc1ccc(Cl)c(C(F)(F)F)c1)c1ccc(Cl)cc1. The van der Waals surface area contributed by atoms with E-state index >= 15 is 0 Å². The Morgan fingerprint density at radius 1 is 1.11 bits per heavy atom. The Morgan fingerprint density at radius 3 is 2.22 bits per heavy atom. The number of amides is 1. The van der Waals surface area contributed by atoms with Crippen LogP contribution in [0.4, 0.5) is 24.5 Å². The number of alkyl halides is 3. The van der Waals surface area contributed by atoms with Crippen molar-refractivity contribution in [2.24, 2.45) is 0 Å². The molecule has 0 saturated carbocycles. The van der Waals surface area contributed by atoms with Crippen molar-refractivity contribution in [3.8, 4) is 0 Å². The van der Waals surface area contributed by atoms with Crippen molar-refractivity contribution in [2.75, 3.05) is 22.4 Å². The van der Waals surface area contributed by atoms with Crippen molar-refractivity contribution in [3.63, 3.8) is 0 Å². The highest BCUT2D eigenvalue weighted by Crippen LogP contribution is 2.36. The number of anilines is 2. The minimum Gasteiger partial charge on any atom is -0.324 e. The van der Waals surface area contributed by atoms with Crippen LogP contribution in [0.25, 0.3) is 0 Å². The first-order valence-corrected chi connectivity index (χ1v) is 9.88. The second-order valence-corrected chi connectivity index (χ2v) is 8.24. The summed E-state index contributed by atoms with van der Waals surface area (Å²) in [6, 6.07) is 8.55. The van der Waals surface area contributed by atoms with Gasteiger partial charge in [0.15, 0.2) is 0 Å². The molecule has 0 saturated heterocycles. The fourth-order valence-corrected chi connectivity index (χ4v) is 3.37. The number of carbonyl (C=O) groups is 1. The molecule has 0 aromatic heterocycles. The zero-order chi connectivity index (χ0) is 20.4. The van der Waals surface area contributed by atoms with E-state index in [9.17, 15) is 26.4 Å². The molecule has 146 valence electrons. The van der Waals surface area contributed by atoms with Crippen LogP contribution in [0.5, 0.6) is 0 Å². The van der Waals surface area contributed by atoms with E-state index in [2.05, 4.69) is 5.32 Å². The molecule has 5 nitrogen and oxygen atoms in total. The maximum Gasteiger partial charge on any atom is 0.417 e. The number of hydrogen-bond donors (Lipinski definition) is 1. The normalized spacial score (nSPS) is 11.9. The van der Waals surface area contributed by atoms with Crippen molar-refractivity contribution in [3.05, 3.63) is 58.1 Å². The number of rotatable bonds is 5. The first-order valence-electron chi connectivity index (χ1n) is 7.28. The highest BCUT2D eigenvalue weighted by Gasteiger charge is 2.33. The predicted octanol–water partition coefficient (Wildman–Crippen LogP) is 4.42. The van der Waals surface area contributed by atoms with Crippen molar-refractivity contribution in [2.45, 2.75) is 6.18 Å². The van der Waals surface area contributed by atoms with Crippen LogP contribution in [-0.2, 0) is 21.0 Å². The van der Waals surface area contributed by atoms with Crippen LogP contribution in [-0.4, -0.2) is 27.1 Å². The zero-order valence-electron chi connectivity index (χ0n) is 13.7. The lowest BCUT2D eigenvalue weighted by molar-refractivity contribution is -0.137. The molecule has 0 atom stereocenters. The number of benzene rings is 2. The van der Waals surface area contributed by atoms with Crippen LogP contribution in [0.1, 0.15) is 5.56 Å². The lowest BCUT2D eigenvalue weighted by atomic mass is 10.2. The van der Waals surface area contributed by atoms with E-state index in [1.165, 1.54) is 30.3 Å². The summed E-state index contributed by atoms with van der Waals surface area (Å²) in [6.07, 6.45) is -3.79. The molecule has 0 unspecified atom stereocenters. The zero-order valence-corrected chi connectivity index (χ0v) is 16.0. The molecular formula is C16H13Cl2F3N2O3S. The number of halogens is 5. The van der Waals surface area contributed by atoms with Gasteiger partial charge in [-0.2, -0.15) is 13.2 Å². The monoisotopic (exact) mass is 440 g/mol. The van der Waals surface area contributed by atoms with Gasteiger partial charge >= 0.3 is 6.18 Å². The molecular weight excluding hydrogens is 428 g/mol. The number of nitrogens with one attached hydrogen (secondary N) is 1. The summed E-state index contributed by atoms with van der Waals surface area (Å²) in [6.45, 7) is -0.634. The Bertz CT molecular complexity index is 948.